The van der Waals surface area contributed by atoms with Crippen molar-refractivity contribution in [3.8, 4) is 11.5 Å². The summed E-state index contributed by atoms with van der Waals surface area (Å²) in [6.07, 6.45) is 0. The second kappa shape index (κ2) is 4.25. The number of rotatable bonds is 0. The van der Waals surface area contributed by atoms with Gasteiger partial charge in [-0.3, -0.25) is 0 Å². The van der Waals surface area contributed by atoms with Crippen molar-refractivity contribution in [1.82, 2.24) is 0 Å². The van der Waals surface area contributed by atoms with Crippen LogP contribution < -0.4 is 10.1 Å². The van der Waals surface area contributed by atoms with Crippen molar-refractivity contribution in [2.24, 2.45) is 0 Å². The van der Waals surface area contributed by atoms with Crippen LogP contribution >= 0.6 is 0 Å². The summed E-state index contributed by atoms with van der Waals surface area (Å²) in [4.78, 5) is 0. The van der Waals surface area contributed by atoms with Gasteiger partial charge >= 0.3 is 0 Å². The van der Waals surface area contributed by atoms with E-state index in [1.54, 1.807) is 0 Å². The molecule has 0 aliphatic carbocycles. The van der Waals surface area contributed by atoms with E-state index in [-0.39, 0.29) is 0 Å². The van der Waals surface area contributed by atoms with Gasteiger partial charge < -0.3 is 10.1 Å². The van der Waals surface area contributed by atoms with E-state index in [4.69, 9.17) is 4.74 Å². The topological polar surface area (TPSA) is 21.3 Å². The first-order valence-electron chi connectivity index (χ1n) is 7.38. The van der Waals surface area contributed by atoms with Gasteiger partial charge in [-0.15, -0.1) is 0 Å². The van der Waals surface area contributed by atoms with Crippen molar-refractivity contribution in [2.45, 2.75) is 0 Å². The fourth-order valence-electron chi connectivity index (χ4n) is 3.12. The minimum atomic E-state index is 0.870. The average Bonchev–Trinajstić information content (AvgIpc) is 2.58. The Labute approximate surface area is 128 Å². The summed E-state index contributed by atoms with van der Waals surface area (Å²) in [6.45, 7) is 0. The molecule has 0 saturated heterocycles. The Balaban J connectivity index is 1.81. The van der Waals surface area contributed by atoms with Crippen LogP contribution in [0.25, 0.3) is 21.5 Å². The van der Waals surface area contributed by atoms with Crippen molar-refractivity contribution in [3.05, 3.63) is 72.8 Å². The average molecular weight is 283 g/mol. The van der Waals surface area contributed by atoms with Gasteiger partial charge in [0.15, 0.2) is 11.5 Å². The van der Waals surface area contributed by atoms with E-state index in [2.05, 4.69) is 47.8 Å². The molecule has 1 heterocycles. The van der Waals surface area contributed by atoms with Crippen LogP contribution in [0.2, 0.25) is 0 Å². The van der Waals surface area contributed by atoms with Crippen molar-refractivity contribution in [1.29, 1.82) is 0 Å². The fourth-order valence-corrected chi connectivity index (χ4v) is 3.12. The summed E-state index contributed by atoms with van der Waals surface area (Å²) in [7, 11) is 0. The van der Waals surface area contributed by atoms with Crippen LogP contribution in [0.15, 0.2) is 72.8 Å². The number of nitrogens with one attached hydrogen (secondary N) is 1. The molecule has 0 spiro atoms. The van der Waals surface area contributed by atoms with Crippen molar-refractivity contribution in [3.63, 3.8) is 0 Å². The number of anilines is 2. The van der Waals surface area contributed by atoms with Crippen LogP contribution in [-0.2, 0) is 0 Å². The molecule has 2 heteroatoms. The molecule has 0 atom stereocenters. The van der Waals surface area contributed by atoms with Crippen molar-refractivity contribution >= 4 is 32.9 Å². The van der Waals surface area contributed by atoms with Crippen LogP contribution in [-0.4, -0.2) is 0 Å². The van der Waals surface area contributed by atoms with Crippen molar-refractivity contribution < 1.29 is 4.74 Å². The standard InChI is InChI=1S/C20H13NO/c1-2-6-14-12-16-15(11-13(14)5-1)9-10-19-20(16)21-17-7-3-4-8-18(17)22-19/h1-12,21H. The predicted molar refractivity (Wildman–Crippen MR) is 91.3 cm³/mol. The van der Waals surface area contributed by atoms with E-state index in [1.807, 2.05) is 30.3 Å². The van der Waals surface area contributed by atoms with Gasteiger partial charge in [-0.1, -0.05) is 42.5 Å². The van der Waals surface area contributed by atoms with Crippen LogP contribution in [0.1, 0.15) is 0 Å². The van der Waals surface area contributed by atoms with Gasteiger partial charge in [0.25, 0.3) is 0 Å². The zero-order valence-corrected chi connectivity index (χ0v) is 11.8. The summed E-state index contributed by atoms with van der Waals surface area (Å²) >= 11 is 0. The van der Waals surface area contributed by atoms with E-state index in [0.29, 0.717) is 0 Å². The van der Waals surface area contributed by atoms with Gasteiger partial charge in [-0.2, -0.15) is 0 Å². The molecule has 0 amide bonds. The number of hydrogen-bond acceptors (Lipinski definition) is 2. The zero-order valence-electron chi connectivity index (χ0n) is 11.8. The highest BCUT2D eigenvalue weighted by Gasteiger charge is 2.18. The Bertz CT molecular complexity index is 1040. The van der Waals surface area contributed by atoms with E-state index in [9.17, 15) is 0 Å². The maximum atomic E-state index is 6.04. The Morgan fingerprint density at radius 3 is 2.32 bits per heavy atom. The monoisotopic (exact) mass is 283 g/mol. The Morgan fingerprint density at radius 2 is 1.41 bits per heavy atom. The summed E-state index contributed by atoms with van der Waals surface area (Å²) < 4.78 is 6.04. The highest BCUT2D eigenvalue weighted by atomic mass is 16.5. The maximum Gasteiger partial charge on any atom is 0.151 e. The number of fused-ring (bicyclic) bond motifs is 5. The van der Waals surface area contributed by atoms with Gasteiger partial charge in [0.05, 0.1) is 11.4 Å². The summed E-state index contributed by atoms with van der Waals surface area (Å²) in [5.41, 5.74) is 2.05. The smallest absolute Gasteiger partial charge is 0.151 e. The van der Waals surface area contributed by atoms with Gasteiger partial charge in [0.1, 0.15) is 0 Å². The zero-order chi connectivity index (χ0) is 14.5. The summed E-state index contributed by atoms with van der Waals surface area (Å²) in [5, 5.41) is 8.42. The predicted octanol–water partition coefficient (Wildman–Crippen LogP) is 5.84. The molecule has 0 bridgehead atoms. The van der Waals surface area contributed by atoms with E-state index >= 15 is 0 Å². The molecular weight excluding hydrogens is 270 g/mol. The van der Waals surface area contributed by atoms with Gasteiger partial charge in [-0.05, 0) is 46.5 Å². The molecule has 0 aromatic heterocycles. The molecule has 5 rings (SSSR count). The normalized spacial score (nSPS) is 12.4. The van der Waals surface area contributed by atoms with Crippen molar-refractivity contribution in [2.75, 3.05) is 5.32 Å². The Morgan fingerprint density at radius 1 is 0.636 bits per heavy atom. The Hall–Kier alpha value is -3.00. The lowest BCUT2D eigenvalue weighted by Gasteiger charge is -2.23. The van der Waals surface area contributed by atoms with Crippen LogP contribution in [0.5, 0.6) is 11.5 Å². The molecule has 4 aromatic rings. The number of hydrogen-bond donors (Lipinski definition) is 1. The largest absolute Gasteiger partial charge is 0.453 e. The number of ether oxygens (including phenoxy) is 1. The van der Waals surface area contributed by atoms with E-state index in [1.165, 1.54) is 21.5 Å². The van der Waals surface area contributed by atoms with Gasteiger partial charge in [0, 0.05) is 5.39 Å². The molecule has 1 N–H and O–H groups in total. The molecule has 0 fully saturated rings. The molecule has 4 aromatic carbocycles. The first-order valence-corrected chi connectivity index (χ1v) is 7.38. The van der Waals surface area contributed by atoms with E-state index in [0.717, 1.165) is 22.9 Å². The quantitative estimate of drug-likeness (QED) is 0.360. The minimum Gasteiger partial charge on any atom is -0.453 e. The fraction of sp³-hybridized carbons (Fsp3) is 0. The Kier molecular flexibility index (Phi) is 2.25. The molecule has 0 radical (unpaired) electrons. The molecule has 104 valence electrons. The maximum absolute atomic E-state index is 6.04. The third-order valence-corrected chi connectivity index (χ3v) is 4.21. The number of para-hydroxylation sites is 2. The minimum absolute atomic E-state index is 0.870. The molecule has 22 heavy (non-hydrogen) atoms. The van der Waals surface area contributed by atoms with Crippen LogP contribution in [0.3, 0.4) is 0 Å². The van der Waals surface area contributed by atoms with Crippen LogP contribution in [0, 0.1) is 0 Å². The lowest BCUT2D eigenvalue weighted by atomic mass is 10.0. The third-order valence-electron chi connectivity index (χ3n) is 4.21. The molecule has 0 unspecified atom stereocenters. The summed E-state index contributed by atoms with van der Waals surface area (Å²) in [6, 6.07) is 25.1. The second-order valence-corrected chi connectivity index (χ2v) is 5.58. The lowest BCUT2D eigenvalue weighted by molar-refractivity contribution is 0.482. The molecule has 0 saturated carbocycles. The van der Waals surface area contributed by atoms with Gasteiger partial charge in [0.2, 0.25) is 0 Å². The summed E-state index contributed by atoms with van der Waals surface area (Å²) in [5.74, 6) is 1.75. The van der Waals surface area contributed by atoms with E-state index < -0.39 is 0 Å². The third kappa shape index (κ3) is 1.61. The highest BCUT2D eigenvalue weighted by Crippen LogP contribution is 2.45. The lowest BCUT2D eigenvalue weighted by Crippen LogP contribution is -2.03. The SMILES string of the molecule is c1ccc2c(c1)Nc1c(ccc3cc4ccccc4cc13)O2. The van der Waals surface area contributed by atoms with Crippen LogP contribution in [0.4, 0.5) is 11.4 Å². The molecule has 1 aliphatic heterocycles. The number of benzene rings is 4. The second-order valence-electron chi connectivity index (χ2n) is 5.58. The van der Waals surface area contributed by atoms with Gasteiger partial charge in [-0.25, -0.2) is 0 Å². The first kappa shape index (κ1) is 11.6. The first-order chi connectivity index (χ1) is 10.9. The highest BCUT2D eigenvalue weighted by molar-refractivity contribution is 6.06. The molecule has 2 nitrogen and oxygen atoms in total. The molecule has 1 aliphatic rings. The molecular formula is C20H13NO.